The van der Waals surface area contributed by atoms with Gasteiger partial charge in [-0.1, -0.05) is 43.0 Å². The van der Waals surface area contributed by atoms with E-state index in [1.54, 1.807) is 0 Å². The van der Waals surface area contributed by atoms with E-state index < -0.39 is 0 Å². The molecule has 0 aromatic heterocycles. The lowest BCUT2D eigenvalue weighted by atomic mass is 9.90. The van der Waals surface area contributed by atoms with Crippen LogP contribution in [0.15, 0.2) is 66.4 Å². The number of ether oxygens (including phenoxy) is 2. The monoisotopic (exact) mass is 382 g/mol. The second kappa shape index (κ2) is 7.44. The van der Waals surface area contributed by atoms with Crippen molar-refractivity contribution < 1.29 is 9.47 Å². The van der Waals surface area contributed by atoms with Gasteiger partial charge in [-0.2, -0.15) is 0 Å². The zero-order chi connectivity index (χ0) is 19.8. The van der Waals surface area contributed by atoms with Crippen molar-refractivity contribution in [2.45, 2.75) is 32.6 Å². The average molecular weight is 383 g/mol. The molecule has 0 radical (unpaired) electrons. The predicted molar refractivity (Wildman–Crippen MR) is 120 cm³/mol. The van der Waals surface area contributed by atoms with Gasteiger partial charge in [0, 0.05) is 0 Å². The summed E-state index contributed by atoms with van der Waals surface area (Å²) in [6, 6.07) is 17.6. The molecular weight excluding hydrogens is 356 g/mol. The molecule has 0 unspecified atom stereocenters. The Balaban J connectivity index is 1.70. The molecule has 5 rings (SSSR count). The van der Waals surface area contributed by atoms with Crippen molar-refractivity contribution in [3.05, 3.63) is 83.1 Å². The molecule has 0 spiro atoms. The summed E-state index contributed by atoms with van der Waals surface area (Å²) in [5, 5.41) is 2.51. The van der Waals surface area contributed by atoms with Crippen molar-refractivity contribution in [3.8, 4) is 16.9 Å². The highest BCUT2D eigenvalue weighted by Gasteiger charge is 2.17. The lowest BCUT2D eigenvalue weighted by Crippen LogP contribution is -2.08. The number of hydrogen-bond acceptors (Lipinski definition) is 2. The predicted octanol–water partition coefficient (Wildman–Crippen LogP) is 6.85. The number of benzene rings is 3. The minimum Gasteiger partial charge on any atom is -0.493 e. The SMILES string of the molecule is C=C1CCCO/C1=C/c1c(C)cccc1-c1cccc2cc3c(cc12)OCCC3. The Labute approximate surface area is 172 Å². The summed E-state index contributed by atoms with van der Waals surface area (Å²) in [6.45, 7) is 7.95. The molecule has 0 amide bonds. The fourth-order valence-corrected chi connectivity index (χ4v) is 4.44. The second-order valence-corrected chi connectivity index (χ2v) is 8.04. The molecule has 0 saturated carbocycles. The third kappa shape index (κ3) is 3.33. The van der Waals surface area contributed by atoms with E-state index >= 15 is 0 Å². The summed E-state index contributed by atoms with van der Waals surface area (Å²) in [4.78, 5) is 0. The molecule has 0 atom stereocenters. The molecule has 1 saturated heterocycles. The average Bonchev–Trinajstić information content (AvgIpc) is 2.75. The highest BCUT2D eigenvalue weighted by molar-refractivity contribution is 6.00. The molecule has 0 bridgehead atoms. The Hall–Kier alpha value is -3.00. The van der Waals surface area contributed by atoms with Crippen molar-refractivity contribution in [2.75, 3.05) is 13.2 Å². The van der Waals surface area contributed by atoms with E-state index in [9.17, 15) is 0 Å². The van der Waals surface area contributed by atoms with Crippen LogP contribution in [0.1, 0.15) is 36.0 Å². The Bertz CT molecular complexity index is 1140. The minimum atomic E-state index is 0.768. The van der Waals surface area contributed by atoms with Gasteiger partial charge >= 0.3 is 0 Å². The molecular formula is C27H26O2. The molecule has 1 fully saturated rings. The third-order valence-corrected chi connectivity index (χ3v) is 6.03. The number of hydrogen-bond donors (Lipinski definition) is 0. The molecule has 0 aliphatic carbocycles. The maximum atomic E-state index is 5.97. The van der Waals surface area contributed by atoms with Crippen LogP contribution >= 0.6 is 0 Å². The van der Waals surface area contributed by atoms with Crippen molar-refractivity contribution in [1.82, 2.24) is 0 Å². The number of fused-ring (bicyclic) bond motifs is 2. The fourth-order valence-electron chi connectivity index (χ4n) is 4.44. The minimum absolute atomic E-state index is 0.768. The van der Waals surface area contributed by atoms with E-state index in [-0.39, 0.29) is 0 Å². The first kappa shape index (κ1) is 18.1. The van der Waals surface area contributed by atoms with Crippen molar-refractivity contribution in [2.24, 2.45) is 0 Å². The van der Waals surface area contributed by atoms with Crippen molar-refractivity contribution in [3.63, 3.8) is 0 Å². The lowest BCUT2D eigenvalue weighted by Gasteiger charge is -2.21. The van der Waals surface area contributed by atoms with Crippen LogP contribution in [0.25, 0.3) is 28.0 Å². The number of allylic oxidation sites excluding steroid dienone is 1. The van der Waals surface area contributed by atoms with E-state index in [1.807, 2.05) is 0 Å². The summed E-state index contributed by atoms with van der Waals surface area (Å²) in [5.74, 6) is 1.96. The zero-order valence-electron chi connectivity index (χ0n) is 17.0. The van der Waals surface area contributed by atoms with Gasteiger partial charge in [0.05, 0.1) is 13.2 Å². The normalized spacial score (nSPS) is 17.7. The van der Waals surface area contributed by atoms with Gasteiger partial charge in [0.25, 0.3) is 0 Å². The Morgan fingerprint density at radius 2 is 1.69 bits per heavy atom. The summed E-state index contributed by atoms with van der Waals surface area (Å²) in [6.07, 6.45) is 6.42. The molecule has 3 aromatic carbocycles. The van der Waals surface area contributed by atoms with Crippen LogP contribution in [0.2, 0.25) is 0 Å². The fraction of sp³-hybridized carbons (Fsp3) is 0.259. The quantitative estimate of drug-likeness (QED) is 0.483. The molecule has 2 nitrogen and oxygen atoms in total. The molecule has 2 aliphatic heterocycles. The van der Waals surface area contributed by atoms with Crippen molar-refractivity contribution in [1.29, 1.82) is 0 Å². The molecule has 2 heterocycles. The highest BCUT2D eigenvalue weighted by atomic mass is 16.5. The van der Waals surface area contributed by atoms with E-state index in [2.05, 4.69) is 68.1 Å². The smallest absolute Gasteiger partial charge is 0.123 e. The summed E-state index contributed by atoms with van der Waals surface area (Å²) in [7, 11) is 0. The van der Waals surface area contributed by atoms with Gasteiger partial charge < -0.3 is 9.47 Å². The Morgan fingerprint density at radius 3 is 2.59 bits per heavy atom. The van der Waals surface area contributed by atoms with Gasteiger partial charge in [-0.15, -0.1) is 0 Å². The number of aryl methyl sites for hydroxylation is 2. The third-order valence-electron chi connectivity index (χ3n) is 6.03. The maximum absolute atomic E-state index is 5.97. The van der Waals surface area contributed by atoms with Crippen LogP contribution in [0.3, 0.4) is 0 Å². The topological polar surface area (TPSA) is 18.5 Å². The molecule has 2 aliphatic rings. The van der Waals surface area contributed by atoms with Crippen LogP contribution in [0.4, 0.5) is 0 Å². The van der Waals surface area contributed by atoms with Crippen LogP contribution in [0.5, 0.6) is 5.75 Å². The maximum Gasteiger partial charge on any atom is 0.123 e. The second-order valence-electron chi connectivity index (χ2n) is 8.04. The molecule has 29 heavy (non-hydrogen) atoms. The first-order valence-corrected chi connectivity index (χ1v) is 10.5. The van der Waals surface area contributed by atoms with Crippen LogP contribution in [-0.2, 0) is 11.2 Å². The zero-order valence-corrected chi connectivity index (χ0v) is 17.0. The van der Waals surface area contributed by atoms with Gasteiger partial charge in [-0.25, -0.2) is 0 Å². The highest BCUT2D eigenvalue weighted by Crippen LogP contribution is 2.38. The van der Waals surface area contributed by atoms with E-state index in [0.29, 0.717) is 0 Å². The van der Waals surface area contributed by atoms with E-state index in [0.717, 1.165) is 56.0 Å². The van der Waals surface area contributed by atoms with Gasteiger partial charge in [0.1, 0.15) is 11.5 Å². The summed E-state index contributed by atoms with van der Waals surface area (Å²) in [5.41, 5.74) is 7.31. The largest absolute Gasteiger partial charge is 0.493 e. The number of rotatable bonds is 2. The standard InChI is InChI=1S/C27H26O2/c1-18-7-3-11-22(24(18)16-26-19(2)8-5-13-28-26)23-12-4-9-20-15-21-10-6-14-29-27(21)17-25(20)23/h3-4,7,9,11-12,15-17H,2,5-6,8,10,13-14H2,1H3/b26-16+. The summed E-state index contributed by atoms with van der Waals surface area (Å²) >= 11 is 0. The first-order valence-electron chi connectivity index (χ1n) is 10.5. The van der Waals surface area contributed by atoms with Gasteiger partial charge in [-0.3, -0.25) is 0 Å². The molecule has 2 heteroatoms. The Morgan fingerprint density at radius 1 is 0.897 bits per heavy atom. The molecule has 146 valence electrons. The van der Waals surface area contributed by atoms with Crippen molar-refractivity contribution >= 4 is 16.8 Å². The first-order chi connectivity index (χ1) is 14.2. The van der Waals surface area contributed by atoms with Crippen LogP contribution in [0, 0.1) is 6.92 Å². The van der Waals surface area contributed by atoms with Crippen LogP contribution in [-0.4, -0.2) is 13.2 Å². The molecule has 3 aromatic rings. The van der Waals surface area contributed by atoms with Gasteiger partial charge in [0.15, 0.2) is 0 Å². The van der Waals surface area contributed by atoms with Gasteiger partial charge in [0.2, 0.25) is 0 Å². The summed E-state index contributed by atoms with van der Waals surface area (Å²) < 4.78 is 11.9. The van der Waals surface area contributed by atoms with E-state index in [1.165, 1.54) is 38.6 Å². The Kier molecular flexibility index (Phi) is 4.63. The molecule has 0 N–H and O–H groups in total. The van der Waals surface area contributed by atoms with Crippen LogP contribution < -0.4 is 4.74 Å². The lowest BCUT2D eigenvalue weighted by molar-refractivity contribution is 0.197. The van der Waals surface area contributed by atoms with Gasteiger partial charge in [-0.05, 0) is 95.0 Å². The van der Waals surface area contributed by atoms with E-state index in [4.69, 9.17) is 9.47 Å².